The van der Waals surface area contributed by atoms with Crippen molar-refractivity contribution in [3.8, 4) is 0 Å². The van der Waals surface area contributed by atoms with Gasteiger partial charge in [-0.1, -0.05) is 6.07 Å². The molecule has 0 radical (unpaired) electrons. The van der Waals surface area contributed by atoms with Crippen LogP contribution in [0.25, 0.3) is 0 Å². The monoisotopic (exact) mass is 460 g/mol. The van der Waals surface area contributed by atoms with E-state index in [0.717, 1.165) is 31.0 Å². The van der Waals surface area contributed by atoms with Crippen LogP contribution in [0.2, 0.25) is 0 Å². The standard InChI is InChI=1S/C17H28N6O.HI/c1-4-18-17(21-13-16(24)22(2)3)20-12-14-7-8-15(19-11-14)23-9-5-6-10-23;/h7-8,11H,4-6,9-10,12-13H2,1-3H3,(H2,18,20,21);1H. The molecule has 0 atom stereocenters. The smallest absolute Gasteiger partial charge is 0.241 e. The van der Waals surface area contributed by atoms with E-state index in [9.17, 15) is 4.79 Å². The number of nitrogens with zero attached hydrogens (tertiary/aromatic N) is 4. The number of hydrogen-bond donors (Lipinski definition) is 2. The third-order valence-corrected chi connectivity index (χ3v) is 3.91. The van der Waals surface area contributed by atoms with Crippen molar-refractivity contribution >= 4 is 41.7 Å². The van der Waals surface area contributed by atoms with Crippen molar-refractivity contribution in [1.29, 1.82) is 0 Å². The highest BCUT2D eigenvalue weighted by Gasteiger charge is 2.12. The van der Waals surface area contributed by atoms with Crippen molar-refractivity contribution < 1.29 is 4.79 Å². The van der Waals surface area contributed by atoms with Crippen LogP contribution in [0, 0.1) is 0 Å². The number of carbonyl (C=O) groups excluding carboxylic acids is 1. The molecule has 140 valence electrons. The van der Waals surface area contributed by atoms with Gasteiger partial charge in [-0.15, -0.1) is 24.0 Å². The SMILES string of the molecule is CCNC(=NCc1ccc(N2CCCC2)nc1)NCC(=O)N(C)C.I. The number of hydrogen-bond acceptors (Lipinski definition) is 4. The average Bonchev–Trinajstić information content (AvgIpc) is 3.12. The maximum absolute atomic E-state index is 11.7. The fourth-order valence-corrected chi connectivity index (χ4v) is 2.47. The molecule has 2 N–H and O–H groups in total. The summed E-state index contributed by atoms with van der Waals surface area (Å²) in [6.45, 7) is 5.69. The number of anilines is 1. The number of guanidine groups is 1. The van der Waals surface area contributed by atoms with Crippen LogP contribution in [-0.2, 0) is 11.3 Å². The lowest BCUT2D eigenvalue weighted by Gasteiger charge is -2.16. The molecular weight excluding hydrogens is 431 g/mol. The summed E-state index contributed by atoms with van der Waals surface area (Å²) in [5.74, 6) is 1.69. The summed E-state index contributed by atoms with van der Waals surface area (Å²) in [5, 5.41) is 6.19. The van der Waals surface area contributed by atoms with Crippen LogP contribution < -0.4 is 15.5 Å². The molecule has 2 heterocycles. The average molecular weight is 460 g/mol. The highest BCUT2D eigenvalue weighted by Crippen LogP contribution is 2.17. The van der Waals surface area contributed by atoms with Crippen LogP contribution in [0.5, 0.6) is 0 Å². The molecule has 0 aromatic carbocycles. The number of aliphatic imine (C=N–C) groups is 1. The molecule has 1 aliphatic heterocycles. The van der Waals surface area contributed by atoms with Crippen LogP contribution in [0.15, 0.2) is 23.3 Å². The zero-order valence-electron chi connectivity index (χ0n) is 15.3. The number of carbonyl (C=O) groups is 1. The zero-order chi connectivity index (χ0) is 17.4. The Balaban J connectivity index is 0.00000312. The highest BCUT2D eigenvalue weighted by molar-refractivity contribution is 14.0. The Kier molecular flexibility index (Phi) is 9.54. The molecule has 0 unspecified atom stereocenters. The number of halogens is 1. The number of aromatic nitrogens is 1. The molecule has 1 aliphatic rings. The molecule has 1 aromatic heterocycles. The Bertz CT molecular complexity index is 555. The summed E-state index contributed by atoms with van der Waals surface area (Å²) in [6, 6.07) is 4.13. The Morgan fingerprint density at radius 2 is 2.00 bits per heavy atom. The van der Waals surface area contributed by atoms with Crippen LogP contribution in [0.3, 0.4) is 0 Å². The summed E-state index contributed by atoms with van der Waals surface area (Å²) in [5.41, 5.74) is 1.05. The van der Waals surface area contributed by atoms with Gasteiger partial charge in [-0.25, -0.2) is 9.98 Å². The van der Waals surface area contributed by atoms with E-state index < -0.39 is 0 Å². The number of amides is 1. The summed E-state index contributed by atoms with van der Waals surface area (Å²) >= 11 is 0. The van der Waals surface area contributed by atoms with Crippen molar-refractivity contribution in [3.05, 3.63) is 23.9 Å². The highest BCUT2D eigenvalue weighted by atomic mass is 127. The molecule has 1 amide bonds. The zero-order valence-corrected chi connectivity index (χ0v) is 17.6. The third-order valence-electron chi connectivity index (χ3n) is 3.91. The summed E-state index contributed by atoms with van der Waals surface area (Å²) in [7, 11) is 3.48. The Morgan fingerprint density at radius 1 is 1.28 bits per heavy atom. The van der Waals surface area contributed by atoms with E-state index in [1.165, 1.54) is 12.8 Å². The van der Waals surface area contributed by atoms with Crippen molar-refractivity contribution in [3.63, 3.8) is 0 Å². The minimum absolute atomic E-state index is 0. The normalized spacial score (nSPS) is 14.0. The van der Waals surface area contributed by atoms with Gasteiger partial charge in [0.2, 0.25) is 5.91 Å². The topological polar surface area (TPSA) is 72.9 Å². The molecular formula is C17H29IN6O. The fourth-order valence-electron chi connectivity index (χ4n) is 2.47. The molecule has 1 fully saturated rings. The predicted octanol–water partition coefficient (Wildman–Crippen LogP) is 1.44. The third kappa shape index (κ3) is 7.05. The number of nitrogens with one attached hydrogen (secondary N) is 2. The van der Waals surface area contributed by atoms with Crippen LogP contribution in [0.1, 0.15) is 25.3 Å². The van der Waals surface area contributed by atoms with E-state index in [2.05, 4.69) is 37.6 Å². The second kappa shape index (κ2) is 11.1. The number of rotatable bonds is 6. The van der Waals surface area contributed by atoms with E-state index in [4.69, 9.17) is 0 Å². The minimum atomic E-state index is 0. The molecule has 25 heavy (non-hydrogen) atoms. The van der Waals surface area contributed by atoms with Crippen LogP contribution >= 0.6 is 24.0 Å². The molecule has 0 spiro atoms. The van der Waals surface area contributed by atoms with Gasteiger partial charge in [-0.3, -0.25) is 4.79 Å². The molecule has 0 saturated carbocycles. The minimum Gasteiger partial charge on any atom is -0.357 e. The Labute approximate surface area is 167 Å². The first-order chi connectivity index (χ1) is 11.6. The van der Waals surface area contributed by atoms with Crippen molar-refractivity contribution in [2.45, 2.75) is 26.3 Å². The van der Waals surface area contributed by atoms with Crippen molar-refractivity contribution in [2.75, 3.05) is 45.2 Å². The molecule has 2 rings (SSSR count). The first-order valence-electron chi connectivity index (χ1n) is 8.52. The predicted molar refractivity (Wildman–Crippen MR) is 113 cm³/mol. The second-order valence-corrected chi connectivity index (χ2v) is 6.06. The first kappa shape index (κ1) is 21.5. The summed E-state index contributed by atoms with van der Waals surface area (Å²) in [4.78, 5) is 24.6. The molecule has 1 saturated heterocycles. The van der Waals surface area contributed by atoms with Crippen molar-refractivity contribution in [2.24, 2.45) is 4.99 Å². The van der Waals surface area contributed by atoms with E-state index in [1.54, 1.807) is 19.0 Å². The Hall–Kier alpha value is -1.58. The van der Waals surface area contributed by atoms with Gasteiger partial charge in [0.15, 0.2) is 5.96 Å². The number of pyridine rings is 1. The lowest BCUT2D eigenvalue weighted by molar-refractivity contribution is -0.127. The molecule has 7 nitrogen and oxygen atoms in total. The molecule has 1 aromatic rings. The summed E-state index contributed by atoms with van der Waals surface area (Å²) in [6.07, 6.45) is 4.37. The lowest BCUT2D eigenvalue weighted by Crippen LogP contribution is -2.42. The lowest BCUT2D eigenvalue weighted by atomic mass is 10.3. The van der Waals surface area contributed by atoms with Gasteiger partial charge in [0.25, 0.3) is 0 Å². The van der Waals surface area contributed by atoms with E-state index in [-0.39, 0.29) is 36.4 Å². The van der Waals surface area contributed by atoms with Gasteiger partial charge in [0.05, 0.1) is 13.1 Å². The van der Waals surface area contributed by atoms with E-state index in [0.29, 0.717) is 12.5 Å². The Morgan fingerprint density at radius 3 is 2.56 bits per heavy atom. The van der Waals surface area contributed by atoms with E-state index >= 15 is 0 Å². The molecule has 8 heteroatoms. The molecule has 0 bridgehead atoms. The van der Waals surface area contributed by atoms with Gasteiger partial charge in [0, 0.05) is 39.9 Å². The molecule has 0 aliphatic carbocycles. The largest absolute Gasteiger partial charge is 0.357 e. The van der Waals surface area contributed by atoms with Crippen molar-refractivity contribution in [1.82, 2.24) is 20.5 Å². The van der Waals surface area contributed by atoms with Crippen LogP contribution in [0.4, 0.5) is 5.82 Å². The van der Waals surface area contributed by atoms with Crippen LogP contribution in [-0.4, -0.2) is 62.0 Å². The van der Waals surface area contributed by atoms with Gasteiger partial charge in [-0.05, 0) is 31.4 Å². The fraction of sp³-hybridized carbons (Fsp3) is 0.588. The first-order valence-corrected chi connectivity index (χ1v) is 8.52. The van der Waals surface area contributed by atoms with E-state index in [1.807, 2.05) is 13.1 Å². The maximum Gasteiger partial charge on any atom is 0.241 e. The van der Waals surface area contributed by atoms with Gasteiger partial charge < -0.3 is 20.4 Å². The second-order valence-electron chi connectivity index (χ2n) is 6.06. The summed E-state index contributed by atoms with van der Waals surface area (Å²) < 4.78 is 0. The quantitative estimate of drug-likeness (QED) is 0.382. The number of likely N-dealkylation sites (N-methyl/N-ethyl adjacent to an activating group) is 1. The van der Waals surface area contributed by atoms with Gasteiger partial charge >= 0.3 is 0 Å². The van der Waals surface area contributed by atoms with Gasteiger partial charge in [-0.2, -0.15) is 0 Å². The van der Waals surface area contributed by atoms with Gasteiger partial charge in [0.1, 0.15) is 5.82 Å². The maximum atomic E-state index is 11.7.